The minimum absolute atomic E-state index is 0.166. The largest absolute Gasteiger partial charge is 0.544 e. The molecular formula is C22H32BrClO2Si2. The standard InChI is InChI=1S/C22H32BrClO2Si2/c1-22(2,3)28(7,8)25-18-12-9-16(10-13-18)21(26-27(4,5)6)19-15-17(23)11-14-20(19)24/h9-15,21H,1-8H3. The molecule has 0 bridgehead atoms. The molecule has 0 aromatic heterocycles. The van der Waals surface area contributed by atoms with Crippen molar-refractivity contribution in [2.45, 2.75) is 64.6 Å². The minimum atomic E-state index is -1.86. The van der Waals surface area contributed by atoms with Crippen LogP contribution in [0.25, 0.3) is 0 Å². The first-order valence-electron chi connectivity index (χ1n) is 9.61. The number of rotatable bonds is 6. The van der Waals surface area contributed by atoms with Gasteiger partial charge in [-0.25, -0.2) is 0 Å². The Labute approximate surface area is 186 Å². The van der Waals surface area contributed by atoms with Crippen molar-refractivity contribution in [1.29, 1.82) is 0 Å². The van der Waals surface area contributed by atoms with Crippen LogP contribution in [0.3, 0.4) is 0 Å². The first-order chi connectivity index (χ1) is 12.7. The van der Waals surface area contributed by atoms with E-state index in [-0.39, 0.29) is 11.1 Å². The summed E-state index contributed by atoms with van der Waals surface area (Å²) in [6, 6.07) is 14.2. The summed E-state index contributed by atoms with van der Waals surface area (Å²) in [6.07, 6.45) is -0.196. The summed E-state index contributed by atoms with van der Waals surface area (Å²) < 4.78 is 14.0. The van der Waals surface area contributed by atoms with E-state index in [4.69, 9.17) is 20.5 Å². The van der Waals surface area contributed by atoms with E-state index in [0.717, 1.165) is 21.3 Å². The fourth-order valence-corrected chi connectivity index (χ4v) is 5.14. The number of halogens is 2. The smallest absolute Gasteiger partial charge is 0.250 e. The van der Waals surface area contributed by atoms with Crippen LogP contribution in [0.2, 0.25) is 42.8 Å². The molecule has 0 amide bonds. The van der Waals surface area contributed by atoms with Crippen molar-refractivity contribution >= 4 is 44.2 Å². The Kier molecular flexibility index (Phi) is 7.31. The van der Waals surface area contributed by atoms with Crippen molar-refractivity contribution in [2.24, 2.45) is 0 Å². The SMILES string of the molecule is CC(C)(C)[Si](C)(C)Oc1ccc(C(O[Si](C)(C)C)c2cc(Br)ccc2Cl)cc1. The van der Waals surface area contributed by atoms with Gasteiger partial charge in [-0.15, -0.1) is 0 Å². The molecule has 0 fully saturated rings. The van der Waals surface area contributed by atoms with Crippen LogP contribution in [0.15, 0.2) is 46.9 Å². The van der Waals surface area contributed by atoms with Gasteiger partial charge in [-0.2, -0.15) is 0 Å². The Morgan fingerprint density at radius 3 is 2.00 bits per heavy atom. The monoisotopic (exact) mass is 498 g/mol. The summed E-state index contributed by atoms with van der Waals surface area (Å²) in [6.45, 7) is 17.9. The Morgan fingerprint density at radius 1 is 0.929 bits per heavy atom. The summed E-state index contributed by atoms with van der Waals surface area (Å²) in [7, 11) is -3.66. The average Bonchev–Trinajstić information content (AvgIpc) is 2.54. The lowest BCUT2D eigenvalue weighted by molar-refractivity contribution is 0.239. The number of hydrogen-bond donors (Lipinski definition) is 0. The fraction of sp³-hybridized carbons (Fsp3) is 0.455. The van der Waals surface area contributed by atoms with E-state index in [1.807, 2.05) is 18.2 Å². The van der Waals surface area contributed by atoms with Gasteiger partial charge in [-0.1, -0.05) is 60.4 Å². The van der Waals surface area contributed by atoms with Gasteiger partial charge in [0.05, 0.1) is 6.10 Å². The fourth-order valence-electron chi connectivity index (χ4n) is 2.54. The lowest BCUT2D eigenvalue weighted by atomic mass is 10.0. The maximum absolute atomic E-state index is 6.54. The third-order valence-electron chi connectivity index (χ3n) is 5.07. The summed E-state index contributed by atoms with van der Waals surface area (Å²) in [5.74, 6) is 0.919. The highest BCUT2D eigenvalue weighted by molar-refractivity contribution is 9.10. The molecule has 6 heteroatoms. The molecule has 0 N–H and O–H groups in total. The molecule has 154 valence electrons. The molecule has 0 heterocycles. The highest BCUT2D eigenvalue weighted by Crippen LogP contribution is 2.39. The molecule has 1 unspecified atom stereocenters. The molecule has 0 aliphatic heterocycles. The van der Waals surface area contributed by atoms with Crippen LogP contribution >= 0.6 is 27.5 Å². The van der Waals surface area contributed by atoms with Gasteiger partial charge in [-0.3, -0.25) is 0 Å². The van der Waals surface area contributed by atoms with Gasteiger partial charge in [0.1, 0.15) is 5.75 Å². The molecule has 2 rings (SSSR count). The summed E-state index contributed by atoms with van der Waals surface area (Å²) >= 11 is 10.1. The van der Waals surface area contributed by atoms with E-state index in [0.29, 0.717) is 5.02 Å². The third kappa shape index (κ3) is 6.20. The second-order valence-corrected chi connectivity index (χ2v) is 20.2. The van der Waals surface area contributed by atoms with Gasteiger partial charge >= 0.3 is 0 Å². The van der Waals surface area contributed by atoms with Crippen molar-refractivity contribution in [1.82, 2.24) is 0 Å². The molecule has 0 spiro atoms. The van der Waals surface area contributed by atoms with Gasteiger partial charge in [0.2, 0.25) is 8.32 Å². The van der Waals surface area contributed by atoms with Crippen LogP contribution in [0, 0.1) is 0 Å². The third-order valence-corrected chi connectivity index (χ3v) is 11.2. The van der Waals surface area contributed by atoms with E-state index in [1.54, 1.807) is 0 Å². The topological polar surface area (TPSA) is 18.5 Å². The lowest BCUT2D eigenvalue weighted by Gasteiger charge is -2.36. The molecule has 0 saturated heterocycles. The predicted molar refractivity (Wildman–Crippen MR) is 130 cm³/mol. The number of benzene rings is 2. The van der Waals surface area contributed by atoms with Crippen LogP contribution < -0.4 is 4.43 Å². The van der Waals surface area contributed by atoms with E-state index in [9.17, 15) is 0 Å². The zero-order chi connectivity index (χ0) is 21.3. The molecule has 28 heavy (non-hydrogen) atoms. The minimum Gasteiger partial charge on any atom is -0.544 e. The molecule has 1 atom stereocenters. The zero-order valence-electron chi connectivity index (χ0n) is 18.2. The van der Waals surface area contributed by atoms with E-state index in [2.05, 4.69) is 93.7 Å². The quantitative estimate of drug-likeness (QED) is 0.371. The van der Waals surface area contributed by atoms with Crippen LogP contribution in [0.4, 0.5) is 0 Å². The molecule has 2 aromatic carbocycles. The molecule has 0 radical (unpaired) electrons. The van der Waals surface area contributed by atoms with Crippen molar-refractivity contribution in [2.75, 3.05) is 0 Å². The van der Waals surface area contributed by atoms with Crippen LogP contribution in [0.1, 0.15) is 38.0 Å². The van der Waals surface area contributed by atoms with E-state index >= 15 is 0 Å². The van der Waals surface area contributed by atoms with Crippen LogP contribution in [0.5, 0.6) is 5.75 Å². The maximum atomic E-state index is 6.54. The lowest BCUT2D eigenvalue weighted by Crippen LogP contribution is -2.43. The summed E-state index contributed by atoms with van der Waals surface area (Å²) in [5, 5.41) is 0.881. The Balaban J connectivity index is 2.38. The highest BCUT2D eigenvalue weighted by Gasteiger charge is 2.39. The molecular weight excluding hydrogens is 468 g/mol. The molecule has 0 aliphatic rings. The maximum Gasteiger partial charge on any atom is 0.250 e. The predicted octanol–water partition coefficient (Wildman–Crippen LogP) is 8.43. The van der Waals surface area contributed by atoms with Gasteiger partial charge in [0.25, 0.3) is 0 Å². The van der Waals surface area contributed by atoms with Gasteiger partial charge in [0.15, 0.2) is 8.32 Å². The van der Waals surface area contributed by atoms with Gasteiger partial charge in [-0.05, 0) is 73.7 Å². The second kappa shape index (κ2) is 8.64. The van der Waals surface area contributed by atoms with Gasteiger partial charge in [0, 0.05) is 15.1 Å². The van der Waals surface area contributed by atoms with Crippen molar-refractivity contribution in [3.05, 3.63) is 63.1 Å². The first-order valence-corrected chi connectivity index (χ1v) is 17.1. The molecule has 2 aromatic rings. The average molecular weight is 500 g/mol. The molecule has 0 saturated carbocycles. The van der Waals surface area contributed by atoms with Crippen LogP contribution in [-0.4, -0.2) is 16.6 Å². The summed E-state index contributed by atoms with van der Waals surface area (Å²) in [4.78, 5) is 0. The molecule has 2 nitrogen and oxygen atoms in total. The first kappa shape index (κ1) is 23.7. The Morgan fingerprint density at radius 2 is 1.50 bits per heavy atom. The normalized spacial score (nSPS) is 14.1. The highest BCUT2D eigenvalue weighted by atomic mass is 79.9. The van der Waals surface area contributed by atoms with E-state index < -0.39 is 16.6 Å². The van der Waals surface area contributed by atoms with E-state index in [1.165, 1.54) is 0 Å². The van der Waals surface area contributed by atoms with Crippen molar-refractivity contribution in [3.8, 4) is 5.75 Å². The van der Waals surface area contributed by atoms with Crippen molar-refractivity contribution < 1.29 is 8.85 Å². The number of hydrogen-bond acceptors (Lipinski definition) is 2. The Hall–Kier alpha value is -0.596. The Bertz CT molecular complexity index is 809. The zero-order valence-corrected chi connectivity index (χ0v) is 22.5. The molecule has 0 aliphatic carbocycles. The second-order valence-electron chi connectivity index (χ2n) is 9.71. The summed E-state index contributed by atoms with van der Waals surface area (Å²) in [5.41, 5.74) is 2.07. The van der Waals surface area contributed by atoms with Crippen molar-refractivity contribution in [3.63, 3.8) is 0 Å². The van der Waals surface area contributed by atoms with Crippen LogP contribution in [-0.2, 0) is 4.43 Å². The van der Waals surface area contributed by atoms with Gasteiger partial charge < -0.3 is 8.85 Å².